The molecule has 3 rings (SSSR count). The molecule has 9 heteroatoms. The Bertz CT molecular complexity index is 974. The van der Waals surface area contributed by atoms with E-state index < -0.39 is 5.82 Å². The summed E-state index contributed by atoms with van der Waals surface area (Å²) in [7, 11) is 0. The second kappa shape index (κ2) is 8.94. The van der Waals surface area contributed by atoms with Gasteiger partial charge in [-0.3, -0.25) is 14.9 Å². The highest BCUT2D eigenvalue weighted by atomic mass is 32.2. The molecule has 6 nitrogen and oxygen atoms in total. The highest BCUT2D eigenvalue weighted by Crippen LogP contribution is 2.26. The van der Waals surface area contributed by atoms with Gasteiger partial charge in [0.1, 0.15) is 10.8 Å². The van der Waals surface area contributed by atoms with Gasteiger partial charge in [-0.15, -0.1) is 22.0 Å². The van der Waals surface area contributed by atoms with Crippen LogP contribution in [0.2, 0.25) is 0 Å². The van der Waals surface area contributed by atoms with Crippen LogP contribution in [0.1, 0.15) is 22.3 Å². The van der Waals surface area contributed by atoms with E-state index in [-0.39, 0.29) is 17.1 Å². The second-order valence-electron chi connectivity index (χ2n) is 5.86. The van der Waals surface area contributed by atoms with E-state index in [1.54, 1.807) is 19.1 Å². The lowest BCUT2D eigenvalue weighted by Gasteiger charge is -2.11. The fourth-order valence-electron chi connectivity index (χ4n) is 2.23. The zero-order valence-corrected chi connectivity index (χ0v) is 16.7. The lowest BCUT2D eigenvalue weighted by Crippen LogP contribution is -2.22. The third kappa shape index (κ3) is 5.37. The van der Waals surface area contributed by atoms with Crippen molar-refractivity contribution in [1.82, 2.24) is 10.2 Å². The normalized spacial score (nSPS) is 11.7. The minimum atomic E-state index is -0.391. The van der Waals surface area contributed by atoms with Crippen LogP contribution in [0.25, 0.3) is 0 Å². The topological polar surface area (TPSA) is 84.0 Å². The number of amides is 2. The number of rotatable bonds is 6. The van der Waals surface area contributed by atoms with E-state index in [2.05, 4.69) is 20.8 Å². The summed E-state index contributed by atoms with van der Waals surface area (Å²) in [5, 5.41) is 14.2. The summed E-state index contributed by atoms with van der Waals surface area (Å²) in [6.07, 6.45) is 0. The lowest BCUT2D eigenvalue weighted by atomic mass is 10.2. The molecule has 144 valence electrons. The summed E-state index contributed by atoms with van der Waals surface area (Å²) in [5.74, 6) is -0.868. The number of aromatic nitrogens is 2. The first-order valence-electron chi connectivity index (χ1n) is 8.35. The Kier molecular flexibility index (Phi) is 6.37. The zero-order chi connectivity index (χ0) is 20.1. The number of anilines is 2. The Labute approximate surface area is 169 Å². The van der Waals surface area contributed by atoms with Crippen molar-refractivity contribution >= 4 is 45.7 Å². The molecular formula is C19H17FN4O2S2. The highest BCUT2D eigenvalue weighted by Gasteiger charge is 2.16. The van der Waals surface area contributed by atoms with Crippen LogP contribution in [0.4, 0.5) is 15.2 Å². The van der Waals surface area contributed by atoms with Gasteiger partial charge in [0.2, 0.25) is 11.0 Å². The van der Waals surface area contributed by atoms with Gasteiger partial charge in [0.25, 0.3) is 5.91 Å². The molecule has 0 aliphatic rings. The molecule has 2 amide bonds. The van der Waals surface area contributed by atoms with Crippen LogP contribution in [0.5, 0.6) is 0 Å². The predicted octanol–water partition coefficient (Wildman–Crippen LogP) is 4.36. The fourth-order valence-corrected chi connectivity index (χ4v) is 3.70. The molecule has 2 N–H and O–H groups in total. The van der Waals surface area contributed by atoms with E-state index in [9.17, 15) is 14.0 Å². The average Bonchev–Trinajstić information content (AvgIpc) is 3.08. The van der Waals surface area contributed by atoms with Gasteiger partial charge in [-0.05, 0) is 62.4 Å². The fraction of sp³-hybridized carbons (Fsp3) is 0.158. The summed E-state index contributed by atoms with van der Waals surface area (Å²) >= 11 is 2.72. The molecule has 3 aromatic rings. The number of halogens is 1. The molecule has 0 aliphatic heterocycles. The number of aryl methyl sites for hydroxylation is 1. The molecule has 28 heavy (non-hydrogen) atoms. The Balaban J connectivity index is 1.55. The van der Waals surface area contributed by atoms with E-state index in [4.69, 9.17) is 0 Å². The molecule has 1 unspecified atom stereocenters. The molecule has 0 saturated carbocycles. The van der Waals surface area contributed by atoms with E-state index >= 15 is 0 Å². The maximum atomic E-state index is 12.9. The Morgan fingerprint density at radius 1 is 1.04 bits per heavy atom. The number of carbonyl (C=O) groups excluding carboxylic acids is 2. The molecule has 0 bridgehead atoms. The van der Waals surface area contributed by atoms with Crippen LogP contribution in [0.3, 0.4) is 0 Å². The van der Waals surface area contributed by atoms with Gasteiger partial charge >= 0.3 is 0 Å². The molecule has 0 saturated heterocycles. The van der Waals surface area contributed by atoms with Crippen molar-refractivity contribution in [2.45, 2.75) is 24.0 Å². The first-order valence-corrected chi connectivity index (χ1v) is 10.0. The third-order valence-corrected chi connectivity index (χ3v) is 5.52. The number of nitrogens with zero attached hydrogens (tertiary/aromatic N) is 2. The molecule has 0 radical (unpaired) electrons. The third-order valence-electron chi connectivity index (χ3n) is 3.66. The predicted molar refractivity (Wildman–Crippen MR) is 109 cm³/mol. The van der Waals surface area contributed by atoms with Gasteiger partial charge in [-0.2, -0.15) is 0 Å². The van der Waals surface area contributed by atoms with Crippen LogP contribution >= 0.6 is 23.1 Å². The summed E-state index contributed by atoms with van der Waals surface area (Å²) in [5.41, 5.74) is 0.983. The zero-order valence-electron chi connectivity index (χ0n) is 15.1. The lowest BCUT2D eigenvalue weighted by molar-refractivity contribution is -0.115. The molecule has 1 atom stereocenters. The molecule has 0 fully saturated rings. The number of benzene rings is 2. The van der Waals surface area contributed by atoms with Crippen LogP contribution in [-0.4, -0.2) is 27.3 Å². The Hall–Kier alpha value is -2.78. The summed E-state index contributed by atoms with van der Waals surface area (Å²) < 4.78 is 12.9. The van der Waals surface area contributed by atoms with Crippen LogP contribution in [0, 0.1) is 12.7 Å². The first-order chi connectivity index (χ1) is 13.4. The number of carbonyl (C=O) groups is 2. The highest BCUT2D eigenvalue weighted by molar-refractivity contribution is 8.00. The average molecular weight is 417 g/mol. The van der Waals surface area contributed by atoms with Gasteiger partial charge in [0, 0.05) is 16.1 Å². The van der Waals surface area contributed by atoms with Crippen molar-refractivity contribution in [1.29, 1.82) is 0 Å². The molecule has 1 heterocycles. The molecular weight excluding hydrogens is 399 g/mol. The first kappa shape index (κ1) is 20.0. The number of hydrogen-bond acceptors (Lipinski definition) is 6. The summed E-state index contributed by atoms with van der Waals surface area (Å²) in [6, 6.07) is 12.5. The number of hydrogen-bond donors (Lipinski definition) is 2. The van der Waals surface area contributed by atoms with Crippen LogP contribution in [-0.2, 0) is 4.79 Å². The smallest absolute Gasteiger partial charge is 0.255 e. The monoisotopic (exact) mass is 416 g/mol. The van der Waals surface area contributed by atoms with Gasteiger partial charge in [0.15, 0.2) is 0 Å². The van der Waals surface area contributed by atoms with Crippen molar-refractivity contribution in [2.75, 3.05) is 10.6 Å². The molecule has 0 spiro atoms. The number of thioether (sulfide) groups is 1. The van der Waals surface area contributed by atoms with Gasteiger partial charge < -0.3 is 5.32 Å². The van der Waals surface area contributed by atoms with Crippen LogP contribution in [0.15, 0.2) is 53.4 Å². The van der Waals surface area contributed by atoms with Gasteiger partial charge in [-0.25, -0.2) is 4.39 Å². The van der Waals surface area contributed by atoms with Crippen LogP contribution < -0.4 is 10.6 Å². The van der Waals surface area contributed by atoms with Gasteiger partial charge in [0.05, 0.1) is 5.25 Å². The van der Waals surface area contributed by atoms with Crippen molar-refractivity contribution in [3.8, 4) is 0 Å². The standard InChI is InChI=1S/C19H17FN4O2S2/c1-11(17(25)22-19-24-23-12(2)28-19)27-16-9-7-15(8-10-16)21-18(26)13-3-5-14(20)6-4-13/h3-11H,1-2H3,(H,21,26)(H,22,24,25). The SMILES string of the molecule is Cc1nnc(NC(=O)C(C)Sc2ccc(NC(=O)c3ccc(F)cc3)cc2)s1. The minimum Gasteiger partial charge on any atom is -0.322 e. The maximum Gasteiger partial charge on any atom is 0.255 e. The minimum absolute atomic E-state index is 0.158. The van der Waals surface area contributed by atoms with Crippen molar-refractivity contribution in [2.24, 2.45) is 0 Å². The van der Waals surface area contributed by atoms with Gasteiger partial charge in [-0.1, -0.05) is 11.3 Å². The Morgan fingerprint density at radius 2 is 1.71 bits per heavy atom. The second-order valence-corrected chi connectivity index (χ2v) is 8.46. The van der Waals surface area contributed by atoms with Crippen molar-refractivity contribution in [3.05, 3.63) is 64.9 Å². The largest absolute Gasteiger partial charge is 0.322 e. The maximum absolute atomic E-state index is 12.9. The van der Waals surface area contributed by atoms with E-state index in [1.807, 2.05) is 19.1 Å². The van der Waals surface area contributed by atoms with E-state index in [1.165, 1.54) is 47.4 Å². The van der Waals surface area contributed by atoms with Crippen molar-refractivity contribution < 1.29 is 14.0 Å². The van der Waals surface area contributed by atoms with E-state index in [0.29, 0.717) is 16.4 Å². The Morgan fingerprint density at radius 3 is 2.32 bits per heavy atom. The van der Waals surface area contributed by atoms with E-state index in [0.717, 1.165) is 9.90 Å². The summed E-state index contributed by atoms with van der Waals surface area (Å²) in [6.45, 7) is 3.63. The summed E-state index contributed by atoms with van der Waals surface area (Å²) in [4.78, 5) is 25.3. The number of nitrogens with one attached hydrogen (secondary N) is 2. The molecule has 1 aromatic heterocycles. The molecule has 2 aromatic carbocycles. The quantitative estimate of drug-likeness (QED) is 0.584. The van der Waals surface area contributed by atoms with Crippen molar-refractivity contribution in [3.63, 3.8) is 0 Å². The molecule has 0 aliphatic carbocycles.